The maximum atomic E-state index is 12.2. The summed E-state index contributed by atoms with van der Waals surface area (Å²) in [6.07, 6.45) is 0. The van der Waals surface area contributed by atoms with Crippen LogP contribution in [0, 0.1) is 0 Å². The van der Waals surface area contributed by atoms with Crippen LogP contribution in [0.2, 0.25) is 5.02 Å². The van der Waals surface area contributed by atoms with Gasteiger partial charge in [0.15, 0.2) is 5.96 Å². The Hall–Kier alpha value is -2.93. The molecular formula is C21H26ClN5O2. The number of piperazine rings is 1. The topological polar surface area (TPSA) is 80.2 Å². The molecule has 0 aliphatic carbocycles. The maximum Gasteiger partial charge on any atom is 0.246 e. The molecule has 0 spiro atoms. The van der Waals surface area contributed by atoms with Crippen molar-refractivity contribution in [2.24, 2.45) is 4.99 Å². The average molecular weight is 416 g/mol. The molecule has 1 fully saturated rings. The molecule has 7 nitrogen and oxygen atoms in total. The van der Waals surface area contributed by atoms with Gasteiger partial charge in [-0.1, -0.05) is 23.7 Å². The number of phenolic OH excluding ortho intramolecular Hbond substituents is 1. The van der Waals surface area contributed by atoms with Crippen molar-refractivity contribution < 1.29 is 9.90 Å². The lowest BCUT2D eigenvalue weighted by Gasteiger charge is -2.38. The highest BCUT2D eigenvalue weighted by atomic mass is 35.5. The first-order chi connectivity index (χ1) is 14.1. The van der Waals surface area contributed by atoms with Gasteiger partial charge in [0, 0.05) is 38.4 Å². The summed E-state index contributed by atoms with van der Waals surface area (Å²) in [6, 6.07) is 14.2. The molecule has 1 aliphatic heterocycles. The number of rotatable bonds is 5. The van der Waals surface area contributed by atoms with Gasteiger partial charge in [-0.3, -0.25) is 4.79 Å². The van der Waals surface area contributed by atoms with E-state index in [1.54, 1.807) is 12.1 Å². The minimum atomic E-state index is -0.208. The quantitative estimate of drug-likeness (QED) is 0.397. The Morgan fingerprint density at radius 3 is 2.45 bits per heavy atom. The van der Waals surface area contributed by atoms with Gasteiger partial charge in [0.1, 0.15) is 12.3 Å². The molecule has 0 aromatic heterocycles. The minimum absolute atomic E-state index is 0.0218. The summed E-state index contributed by atoms with van der Waals surface area (Å²) < 4.78 is 0. The third-order valence-corrected chi connectivity index (χ3v) is 4.95. The van der Waals surface area contributed by atoms with E-state index < -0.39 is 0 Å². The second-order valence-corrected chi connectivity index (χ2v) is 7.10. The molecule has 2 aromatic rings. The lowest BCUT2D eigenvalue weighted by atomic mass is 10.2. The summed E-state index contributed by atoms with van der Waals surface area (Å²) in [4.78, 5) is 21.1. The molecule has 0 saturated carbocycles. The molecule has 0 radical (unpaired) electrons. The summed E-state index contributed by atoms with van der Waals surface area (Å²) in [6.45, 7) is 5.98. The molecule has 1 amide bonds. The zero-order valence-corrected chi connectivity index (χ0v) is 17.2. The Balaban J connectivity index is 1.57. The summed E-state index contributed by atoms with van der Waals surface area (Å²) >= 11 is 6.32. The van der Waals surface area contributed by atoms with E-state index in [0.29, 0.717) is 5.69 Å². The Morgan fingerprint density at radius 1 is 1.10 bits per heavy atom. The summed E-state index contributed by atoms with van der Waals surface area (Å²) in [5.41, 5.74) is 1.67. The normalized spacial score (nSPS) is 14.6. The van der Waals surface area contributed by atoms with Crippen LogP contribution in [0.3, 0.4) is 0 Å². The van der Waals surface area contributed by atoms with Gasteiger partial charge in [-0.25, -0.2) is 4.99 Å². The molecule has 3 rings (SSSR count). The second kappa shape index (κ2) is 10.0. The van der Waals surface area contributed by atoms with Crippen molar-refractivity contribution in [3.8, 4) is 5.75 Å². The van der Waals surface area contributed by atoms with Crippen LogP contribution < -0.4 is 15.5 Å². The van der Waals surface area contributed by atoms with Gasteiger partial charge in [0.25, 0.3) is 0 Å². The Labute approximate surface area is 176 Å². The van der Waals surface area contributed by atoms with E-state index >= 15 is 0 Å². The predicted octanol–water partition coefficient (Wildman–Crippen LogP) is 2.77. The fourth-order valence-corrected chi connectivity index (χ4v) is 3.44. The van der Waals surface area contributed by atoms with E-state index in [-0.39, 0.29) is 18.2 Å². The summed E-state index contributed by atoms with van der Waals surface area (Å²) in [5, 5.41) is 16.1. The van der Waals surface area contributed by atoms with Crippen LogP contribution in [0.1, 0.15) is 6.92 Å². The summed E-state index contributed by atoms with van der Waals surface area (Å²) in [5.74, 6) is 0.680. The van der Waals surface area contributed by atoms with Crippen molar-refractivity contribution in [2.45, 2.75) is 6.92 Å². The van der Waals surface area contributed by atoms with Gasteiger partial charge in [-0.05, 0) is 43.3 Å². The van der Waals surface area contributed by atoms with Gasteiger partial charge in [0.2, 0.25) is 5.91 Å². The maximum absolute atomic E-state index is 12.2. The first-order valence-electron chi connectivity index (χ1n) is 9.68. The van der Waals surface area contributed by atoms with E-state index in [0.717, 1.165) is 49.4 Å². The number of phenols is 1. The zero-order chi connectivity index (χ0) is 20.6. The van der Waals surface area contributed by atoms with Gasteiger partial charge >= 0.3 is 0 Å². The zero-order valence-electron chi connectivity index (χ0n) is 16.4. The first kappa shape index (κ1) is 20.8. The van der Waals surface area contributed by atoms with Crippen molar-refractivity contribution in [1.29, 1.82) is 0 Å². The van der Waals surface area contributed by atoms with E-state index in [4.69, 9.17) is 11.6 Å². The Bertz CT molecular complexity index is 848. The monoisotopic (exact) mass is 415 g/mol. The highest BCUT2D eigenvalue weighted by Gasteiger charge is 2.21. The first-order valence-corrected chi connectivity index (χ1v) is 10.1. The standard InChI is InChI=1S/C21H26ClN5O2/c1-2-23-21(24-15-20(29)25-16-7-9-17(28)10-8-16)27-13-11-26(12-14-27)19-6-4-3-5-18(19)22/h3-10,28H,2,11-15H2,1H3,(H,23,24)(H,25,29). The van der Waals surface area contributed by atoms with Crippen LogP contribution in [0.5, 0.6) is 5.75 Å². The number of aliphatic imine (C=N–C) groups is 1. The van der Waals surface area contributed by atoms with Crippen molar-refractivity contribution >= 4 is 34.8 Å². The number of anilines is 2. The molecular weight excluding hydrogens is 390 g/mol. The molecule has 0 atom stereocenters. The number of carbonyl (C=O) groups is 1. The number of halogens is 1. The molecule has 29 heavy (non-hydrogen) atoms. The van der Waals surface area contributed by atoms with Crippen LogP contribution in [0.25, 0.3) is 0 Å². The van der Waals surface area contributed by atoms with Crippen LogP contribution in [0.4, 0.5) is 11.4 Å². The van der Waals surface area contributed by atoms with E-state index in [1.165, 1.54) is 12.1 Å². The molecule has 0 unspecified atom stereocenters. The molecule has 154 valence electrons. The van der Waals surface area contributed by atoms with Gasteiger partial charge in [-0.2, -0.15) is 0 Å². The van der Waals surface area contributed by atoms with E-state index in [9.17, 15) is 9.90 Å². The molecule has 1 aliphatic rings. The van der Waals surface area contributed by atoms with Crippen molar-refractivity contribution in [3.63, 3.8) is 0 Å². The molecule has 3 N–H and O–H groups in total. The lowest BCUT2D eigenvalue weighted by molar-refractivity contribution is -0.114. The van der Waals surface area contributed by atoms with E-state index in [2.05, 4.69) is 25.4 Å². The second-order valence-electron chi connectivity index (χ2n) is 6.69. The predicted molar refractivity (Wildman–Crippen MR) is 118 cm³/mol. The molecule has 0 bridgehead atoms. The van der Waals surface area contributed by atoms with Crippen molar-refractivity contribution in [1.82, 2.24) is 10.2 Å². The van der Waals surface area contributed by atoms with Crippen molar-refractivity contribution in [3.05, 3.63) is 53.6 Å². The third kappa shape index (κ3) is 5.77. The number of aromatic hydroxyl groups is 1. The fraction of sp³-hybridized carbons (Fsp3) is 0.333. The SMILES string of the molecule is CCNC(=NCC(=O)Nc1ccc(O)cc1)N1CCN(c2ccccc2Cl)CC1. The molecule has 2 aromatic carbocycles. The number of nitrogens with one attached hydrogen (secondary N) is 2. The number of hydrogen-bond donors (Lipinski definition) is 3. The summed E-state index contributed by atoms with van der Waals surface area (Å²) in [7, 11) is 0. The fourth-order valence-electron chi connectivity index (χ4n) is 3.19. The Morgan fingerprint density at radius 2 is 1.79 bits per heavy atom. The van der Waals surface area contributed by atoms with Gasteiger partial charge in [0.05, 0.1) is 10.7 Å². The number of benzene rings is 2. The van der Waals surface area contributed by atoms with Crippen LogP contribution in [-0.4, -0.2) is 61.1 Å². The highest BCUT2D eigenvalue weighted by Crippen LogP contribution is 2.26. The van der Waals surface area contributed by atoms with Crippen LogP contribution in [0.15, 0.2) is 53.5 Å². The third-order valence-electron chi connectivity index (χ3n) is 4.63. The van der Waals surface area contributed by atoms with Crippen LogP contribution >= 0.6 is 11.6 Å². The molecule has 1 heterocycles. The molecule has 8 heteroatoms. The molecule has 1 saturated heterocycles. The van der Waals surface area contributed by atoms with Gasteiger partial charge in [-0.15, -0.1) is 0 Å². The van der Waals surface area contributed by atoms with E-state index in [1.807, 2.05) is 31.2 Å². The number of carbonyl (C=O) groups excluding carboxylic acids is 1. The largest absolute Gasteiger partial charge is 0.508 e. The van der Waals surface area contributed by atoms with Crippen LogP contribution in [-0.2, 0) is 4.79 Å². The van der Waals surface area contributed by atoms with Crippen molar-refractivity contribution in [2.75, 3.05) is 49.5 Å². The number of amides is 1. The number of para-hydroxylation sites is 1. The lowest BCUT2D eigenvalue weighted by Crippen LogP contribution is -2.52. The average Bonchev–Trinajstić information content (AvgIpc) is 2.73. The van der Waals surface area contributed by atoms with Gasteiger partial charge < -0.3 is 25.5 Å². The number of hydrogen-bond acceptors (Lipinski definition) is 4. The number of guanidine groups is 1. The smallest absolute Gasteiger partial charge is 0.246 e. The number of nitrogens with zero attached hydrogens (tertiary/aromatic N) is 3. The minimum Gasteiger partial charge on any atom is -0.508 e. The Kier molecular flexibility index (Phi) is 7.19. The highest BCUT2D eigenvalue weighted by molar-refractivity contribution is 6.33.